The summed E-state index contributed by atoms with van der Waals surface area (Å²) in [6, 6.07) is 1.76. The van der Waals surface area contributed by atoms with Crippen molar-refractivity contribution >= 4 is 11.8 Å². The average Bonchev–Trinajstić information content (AvgIpc) is 3.17. The zero-order valence-corrected chi connectivity index (χ0v) is 13.9. The molecule has 5 rings (SSSR count). The lowest BCUT2D eigenvalue weighted by molar-refractivity contribution is -0.179. The second-order valence-electron chi connectivity index (χ2n) is 7.41. The van der Waals surface area contributed by atoms with Crippen LogP contribution in [0, 0.1) is 0 Å². The maximum Gasteiger partial charge on any atom is 0.274 e. The predicted octanol–water partition coefficient (Wildman–Crippen LogP) is 0.861. The summed E-state index contributed by atoms with van der Waals surface area (Å²) < 4.78 is 7.90. The quantitative estimate of drug-likeness (QED) is 0.807. The van der Waals surface area contributed by atoms with Gasteiger partial charge in [-0.3, -0.25) is 14.3 Å². The molecule has 4 heterocycles. The first-order valence-electron chi connectivity index (χ1n) is 8.89. The number of carbonyl (C=O) groups excluding carboxylic acids is 2. The first-order valence-corrected chi connectivity index (χ1v) is 8.89. The van der Waals surface area contributed by atoms with Crippen LogP contribution in [-0.4, -0.2) is 62.9 Å². The summed E-state index contributed by atoms with van der Waals surface area (Å²) in [4.78, 5) is 29.1. The molecule has 1 saturated carbocycles. The molecule has 0 unspecified atom stereocenters. The van der Waals surface area contributed by atoms with Crippen LogP contribution < -0.4 is 0 Å². The van der Waals surface area contributed by atoms with E-state index in [0.29, 0.717) is 37.6 Å². The highest BCUT2D eigenvalue weighted by Gasteiger charge is 2.61. The standard InChI is InChI=1S/C17H22N4O3/c1-19-13(11-3-4-11)9-12(18-19)16(23)20-7-5-17-14(20)10-15(22)21(17)6-2-8-24-17/h9,11,14H,2-8,10H2,1H3/t14-,17+/m1/s1. The molecule has 1 aliphatic carbocycles. The summed E-state index contributed by atoms with van der Waals surface area (Å²) in [6.07, 6.45) is 4.31. The Labute approximate surface area is 140 Å². The molecule has 1 aromatic rings. The zero-order chi connectivity index (χ0) is 16.5. The molecule has 0 aromatic carbocycles. The number of aromatic nitrogens is 2. The van der Waals surface area contributed by atoms with Gasteiger partial charge in [0.05, 0.1) is 19.1 Å². The summed E-state index contributed by atoms with van der Waals surface area (Å²) in [5, 5.41) is 4.44. The van der Waals surface area contributed by atoms with Crippen LogP contribution in [0.5, 0.6) is 0 Å². The molecular weight excluding hydrogens is 308 g/mol. The summed E-state index contributed by atoms with van der Waals surface area (Å²) >= 11 is 0. The molecule has 2 amide bonds. The fourth-order valence-corrected chi connectivity index (χ4v) is 4.69. The van der Waals surface area contributed by atoms with E-state index >= 15 is 0 Å². The summed E-state index contributed by atoms with van der Waals surface area (Å²) in [5.74, 6) is 0.597. The molecule has 2 atom stereocenters. The predicted molar refractivity (Wildman–Crippen MR) is 84.3 cm³/mol. The van der Waals surface area contributed by atoms with Crippen LogP contribution in [0.2, 0.25) is 0 Å². The van der Waals surface area contributed by atoms with Gasteiger partial charge in [0.25, 0.3) is 5.91 Å². The minimum atomic E-state index is -0.584. The van der Waals surface area contributed by atoms with E-state index in [4.69, 9.17) is 4.74 Å². The molecule has 7 nitrogen and oxygen atoms in total. The van der Waals surface area contributed by atoms with Gasteiger partial charge in [-0.15, -0.1) is 0 Å². The molecule has 1 spiro atoms. The van der Waals surface area contributed by atoms with E-state index in [1.165, 1.54) is 12.8 Å². The van der Waals surface area contributed by atoms with Crippen LogP contribution in [0.1, 0.15) is 54.2 Å². The van der Waals surface area contributed by atoms with Gasteiger partial charge in [-0.05, 0) is 25.3 Å². The monoisotopic (exact) mass is 330 g/mol. The van der Waals surface area contributed by atoms with Crippen LogP contribution in [-0.2, 0) is 16.6 Å². The highest BCUT2D eigenvalue weighted by atomic mass is 16.5. The molecule has 3 saturated heterocycles. The van der Waals surface area contributed by atoms with Crippen LogP contribution in [0.3, 0.4) is 0 Å². The average molecular weight is 330 g/mol. The molecule has 0 N–H and O–H groups in total. The smallest absolute Gasteiger partial charge is 0.274 e. The van der Waals surface area contributed by atoms with Crippen molar-refractivity contribution in [2.75, 3.05) is 19.7 Å². The minimum absolute atomic E-state index is 0.0665. The Morgan fingerprint density at radius 3 is 3.00 bits per heavy atom. The number of ether oxygens (including phenoxy) is 1. The van der Waals surface area contributed by atoms with Crippen molar-refractivity contribution in [1.82, 2.24) is 19.6 Å². The van der Waals surface area contributed by atoms with Crippen molar-refractivity contribution < 1.29 is 14.3 Å². The fraction of sp³-hybridized carbons (Fsp3) is 0.706. The Bertz CT molecular complexity index is 725. The molecule has 24 heavy (non-hydrogen) atoms. The summed E-state index contributed by atoms with van der Waals surface area (Å²) in [7, 11) is 1.90. The topological polar surface area (TPSA) is 67.7 Å². The summed E-state index contributed by atoms with van der Waals surface area (Å²) in [6.45, 7) is 2.03. The fourth-order valence-electron chi connectivity index (χ4n) is 4.69. The third-order valence-corrected chi connectivity index (χ3v) is 6.00. The van der Waals surface area contributed by atoms with E-state index in [2.05, 4.69) is 5.10 Å². The molecular formula is C17H22N4O3. The lowest BCUT2D eigenvalue weighted by Crippen LogP contribution is -2.56. The van der Waals surface area contributed by atoms with Crippen LogP contribution in [0.15, 0.2) is 6.07 Å². The first kappa shape index (κ1) is 14.5. The van der Waals surface area contributed by atoms with Gasteiger partial charge in [-0.1, -0.05) is 0 Å². The van der Waals surface area contributed by atoms with Crippen molar-refractivity contribution in [2.24, 2.45) is 7.05 Å². The third kappa shape index (κ3) is 1.84. The van der Waals surface area contributed by atoms with Crippen molar-refractivity contribution in [1.29, 1.82) is 0 Å². The summed E-state index contributed by atoms with van der Waals surface area (Å²) in [5.41, 5.74) is 1.06. The Kier molecular flexibility index (Phi) is 2.90. The normalized spacial score (nSPS) is 32.2. The number of likely N-dealkylation sites (tertiary alicyclic amines) is 1. The minimum Gasteiger partial charge on any atom is -0.353 e. The highest BCUT2D eigenvalue weighted by molar-refractivity contribution is 5.94. The largest absolute Gasteiger partial charge is 0.353 e. The number of aryl methyl sites for hydroxylation is 1. The van der Waals surface area contributed by atoms with E-state index in [-0.39, 0.29) is 17.9 Å². The Hall–Kier alpha value is -1.89. The van der Waals surface area contributed by atoms with E-state index in [1.807, 2.05) is 27.6 Å². The molecule has 4 fully saturated rings. The molecule has 128 valence electrons. The van der Waals surface area contributed by atoms with Gasteiger partial charge in [-0.2, -0.15) is 5.10 Å². The lowest BCUT2D eigenvalue weighted by Gasteiger charge is -2.42. The number of hydrogen-bond donors (Lipinski definition) is 0. The van der Waals surface area contributed by atoms with Gasteiger partial charge in [0.15, 0.2) is 11.4 Å². The number of rotatable bonds is 2. The third-order valence-electron chi connectivity index (χ3n) is 6.00. The van der Waals surface area contributed by atoms with Gasteiger partial charge in [0.1, 0.15) is 0 Å². The maximum absolute atomic E-state index is 13.0. The Balaban J connectivity index is 1.44. The van der Waals surface area contributed by atoms with Crippen molar-refractivity contribution in [3.63, 3.8) is 0 Å². The number of carbonyl (C=O) groups is 2. The van der Waals surface area contributed by atoms with Gasteiger partial charge in [0, 0.05) is 38.2 Å². The Morgan fingerprint density at radius 2 is 2.21 bits per heavy atom. The van der Waals surface area contributed by atoms with Gasteiger partial charge >= 0.3 is 0 Å². The molecule has 7 heteroatoms. The van der Waals surface area contributed by atoms with Crippen molar-refractivity contribution in [3.05, 3.63) is 17.5 Å². The first-order chi connectivity index (χ1) is 11.6. The van der Waals surface area contributed by atoms with E-state index < -0.39 is 5.72 Å². The van der Waals surface area contributed by atoms with E-state index in [0.717, 1.165) is 18.7 Å². The van der Waals surface area contributed by atoms with Gasteiger partial charge in [0.2, 0.25) is 5.91 Å². The molecule has 1 aromatic heterocycles. The van der Waals surface area contributed by atoms with Crippen molar-refractivity contribution in [3.8, 4) is 0 Å². The van der Waals surface area contributed by atoms with E-state index in [9.17, 15) is 9.59 Å². The van der Waals surface area contributed by atoms with Crippen molar-refractivity contribution in [2.45, 2.75) is 49.8 Å². The molecule has 3 aliphatic heterocycles. The molecule has 0 radical (unpaired) electrons. The van der Waals surface area contributed by atoms with Crippen LogP contribution in [0.25, 0.3) is 0 Å². The van der Waals surface area contributed by atoms with Gasteiger partial charge in [-0.25, -0.2) is 0 Å². The zero-order valence-electron chi connectivity index (χ0n) is 13.9. The molecule has 4 aliphatic rings. The second-order valence-corrected chi connectivity index (χ2v) is 7.41. The SMILES string of the molecule is Cn1nc(C(=O)N2CC[C@@]34OCCCN3C(=O)C[C@@H]24)cc1C1CC1. The number of nitrogens with zero attached hydrogens (tertiary/aromatic N) is 4. The highest BCUT2D eigenvalue weighted by Crippen LogP contribution is 2.45. The van der Waals surface area contributed by atoms with Gasteiger partial charge < -0.3 is 14.5 Å². The second kappa shape index (κ2) is 4.81. The molecule has 0 bridgehead atoms. The Morgan fingerprint density at radius 1 is 1.38 bits per heavy atom. The van der Waals surface area contributed by atoms with Crippen LogP contribution in [0.4, 0.5) is 0 Å². The number of hydrogen-bond acceptors (Lipinski definition) is 4. The maximum atomic E-state index is 13.0. The van der Waals surface area contributed by atoms with E-state index in [1.54, 1.807) is 0 Å². The van der Waals surface area contributed by atoms with Crippen LogP contribution >= 0.6 is 0 Å². The number of amides is 2. The lowest BCUT2D eigenvalue weighted by atomic mass is 10.0.